The zero-order valence-corrected chi connectivity index (χ0v) is 23.1. The first-order valence-corrected chi connectivity index (χ1v) is 14.9. The number of aliphatic imine (C=N–C) groups is 1. The molecule has 198 valence electrons. The number of benzene rings is 2. The van der Waals surface area contributed by atoms with E-state index in [-0.39, 0.29) is 29.2 Å². The van der Waals surface area contributed by atoms with E-state index in [0.717, 1.165) is 16.7 Å². The molecule has 2 aliphatic heterocycles. The van der Waals surface area contributed by atoms with Crippen LogP contribution < -0.4 is 5.32 Å². The highest BCUT2D eigenvalue weighted by Crippen LogP contribution is 2.39. The molecule has 0 aromatic heterocycles. The summed E-state index contributed by atoms with van der Waals surface area (Å²) in [4.78, 5) is 32.4. The number of carbonyl (C=O) groups excluding carboxylic acids is 2. The van der Waals surface area contributed by atoms with E-state index in [4.69, 9.17) is 4.74 Å². The summed E-state index contributed by atoms with van der Waals surface area (Å²) in [5.74, 6) is -0.411. The third-order valence-electron chi connectivity index (χ3n) is 6.13. The first-order chi connectivity index (χ1) is 17.4. The monoisotopic (exact) mass is 543 g/mol. The molecular weight excluding hydrogens is 510 g/mol. The van der Waals surface area contributed by atoms with Crippen molar-refractivity contribution in [3.8, 4) is 0 Å². The summed E-state index contributed by atoms with van der Waals surface area (Å²) in [5, 5.41) is 2.99. The van der Waals surface area contributed by atoms with E-state index in [0.29, 0.717) is 11.7 Å². The molecule has 2 aromatic rings. The smallest absolute Gasteiger partial charge is 0.408 e. The summed E-state index contributed by atoms with van der Waals surface area (Å²) in [6, 6.07) is 16.2. The van der Waals surface area contributed by atoms with E-state index in [2.05, 4.69) is 10.3 Å². The Morgan fingerprint density at radius 1 is 1.08 bits per heavy atom. The van der Waals surface area contributed by atoms with Crippen molar-refractivity contribution in [3.05, 3.63) is 71.3 Å². The standard InChI is InChI=1S/C27H33N3O5S2/c1-18-10-12-20(13-11-18)15-30-22-16-37(33,34)17-23(22)36-25(30)29-24(31)21(14-19-8-6-5-7-9-19)28-26(32)35-27(2,3)4/h5-13,21-23H,14-17H2,1-4H3,(H,28,32)/t21-,22-,23+/m1/s1. The van der Waals surface area contributed by atoms with Gasteiger partial charge in [-0.3, -0.25) is 4.79 Å². The Kier molecular flexibility index (Phi) is 7.99. The van der Waals surface area contributed by atoms with Gasteiger partial charge in [0.2, 0.25) is 0 Å². The molecular formula is C27H33N3O5S2. The summed E-state index contributed by atoms with van der Waals surface area (Å²) in [5.41, 5.74) is 2.28. The van der Waals surface area contributed by atoms with Crippen LogP contribution in [0.5, 0.6) is 0 Å². The van der Waals surface area contributed by atoms with Gasteiger partial charge >= 0.3 is 6.09 Å². The highest BCUT2D eigenvalue weighted by Gasteiger charge is 2.48. The van der Waals surface area contributed by atoms with E-state index in [1.165, 1.54) is 11.8 Å². The number of fused-ring (bicyclic) bond motifs is 1. The lowest BCUT2D eigenvalue weighted by molar-refractivity contribution is -0.119. The number of ether oxygens (including phenoxy) is 1. The Balaban J connectivity index is 1.60. The number of sulfone groups is 1. The average molecular weight is 544 g/mol. The van der Waals surface area contributed by atoms with Gasteiger partial charge in [-0.15, -0.1) is 0 Å². The minimum atomic E-state index is -3.16. The van der Waals surface area contributed by atoms with Gasteiger partial charge in [-0.2, -0.15) is 4.99 Å². The first kappa shape index (κ1) is 27.2. The van der Waals surface area contributed by atoms with Crippen LogP contribution in [0.2, 0.25) is 0 Å². The molecule has 8 nitrogen and oxygen atoms in total. The number of rotatable bonds is 6. The van der Waals surface area contributed by atoms with Gasteiger partial charge in [0.05, 0.1) is 17.5 Å². The van der Waals surface area contributed by atoms with Gasteiger partial charge in [-0.25, -0.2) is 13.2 Å². The lowest BCUT2D eigenvalue weighted by atomic mass is 10.1. The van der Waals surface area contributed by atoms with Crippen LogP contribution >= 0.6 is 11.8 Å². The molecule has 0 bridgehead atoms. The number of carbonyl (C=O) groups is 2. The number of hydrogen-bond acceptors (Lipinski definition) is 6. The maximum absolute atomic E-state index is 13.5. The van der Waals surface area contributed by atoms with Crippen LogP contribution in [0.4, 0.5) is 4.79 Å². The normalized spacial score (nSPS) is 22.5. The number of alkyl carbamates (subject to hydrolysis) is 1. The fraction of sp³-hybridized carbons (Fsp3) is 0.444. The number of hydrogen-bond donors (Lipinski definition) is 1. The molecule has 10 heteroatoms. The fourth-order valence-electron chi connectivity index (χ4n) is 4.38. The van der Waals surface area contributed by atoms with Crippen LogP contribution in [0.15, 0.2) is 59.6 Å². The number of nitrogens with zero attached hydrogens (tertiary/aromatic N) is 2. The summed E-state index contributed by atoms with van der Waals surface area (Å²) >= 11 is 1.33. The van der Waals surface area contributed by atoms with Gasteiger partial charge in [-0.05, 0) is 38.8 Å². The van der Waals surface area contributed by atoms with Crippen molar-refractivity contribution in [1.82, 2.24) is 10.2 Å². The molecule has 2 aliphatic rings. The molecule has 37 heavy (non-hydrogen) atoms. The van der Waals surface area contributed by atoms with Gasteiger partial charge in [0.15, 0.2) is 15.0 Å². The van der Waals surface area contributed by atoms with Crippen LogP contribution in [-0.4, -0.2) is 64.9 Å². The number of amides is 2. The van der Waals surface area contributed by atoms with E-state index >= 15 is 0 Å². The lowest BCUT2D eigenvalue weighted by Gasteiger charge is -2.25. The first-order valence-electron chi connectivity index (χ1n) is 12.2. The number of nitrogens with one attached hydrogen (secondary N) is 1. The number of aryl methyl sites for hydroxylation is 1. The van der Waals surface area contributed by atoms with Crippen molar-refractivity contribution < 1.29 is 22.7 Å². The van der Waals surface area contributed by atoms with Crippen molar-refractivity contribution in [3.63, 3.8) is 0 Å². The quantitative estimate of drug-likeness (QED) is 0.592. The maximum Gasteiger partial charge on any atom is 0.408 e. The Bertz CT molecular complexity index is 1270. The number of amidine groups is 1. The molecule has 0 saturated carbocycles. The molecule has 2 heterocycles. The molecule has 0 radical (unpaired) electrons. The molecule has 4 rings (SSSR count). The third kappa shape index (κ3) is 7.35. The SMILES string of the molecule is Cc1ccc(CN2C(=NC(=O)[C@@H](Cc3ccccc3)NC(=O)OC(C)(C)C)S[C@H]3CS(=O)(=O)C[C@H]32)cc1. The van der Waals surface area contributed by atoms with E-state index in [1.807, 2.05) is 66.4 Å². The Labute approximate surface area is 222 Å². The van der Waals surface area contributed by atoms with E-state index in [9.17, 15) is 18.0 Å². The van der Waals surface area contributed by atoms with Crippen molar-refractivity contribution >= 4 is 38.8 Å². The fourth-order valence-corrected chi connectivity index (χ4v) is 8.34. The summed E-state index contributed by atoms with van der Waals surface area (Å²) in [6.07, 6.45) is -0.444. The van der Waals surface area contributed by atoms with Crippen LogP contribution in [0.1, 0.15) is 37.5 Å². The van der Waals surface area contributed by atoms with Crippen molar-refractivity contribution in [2.75, 3.05) is 11.5 Å². The molecule has 2 saturated heterocycles. The molecule has 0 spiro atoms. The third-order valence-corrected chi connectivity index (χ3v) is 9.37. The molecule has 2 fully saturated rings. The number of thioether (sulfide) groups is 1. The molecule has 2 amide bonds. The second-order valence-corrected chi connectivity index (χ2v) is 13.9. The van der Waals surface area contributed by atoms with Crippen molar-refractivity contribution in [1.29, 1.82) is 0 Å². The minimum absolute atomic E-state index is 0.0351. The Morgan fingerprint density at radius 2 is 1.76 bits per heavy atom. The topological polar surface area (TPSA) is 105 Å². The van der Waals surface area contributed by atoms with Crippen LogP contribution in [0, 0.1) is 6.92 Å². The Hall–Kier alpha value is -2.85. The Morgan fingerprint density at radius 3 is 2.41 bits per heavy atom. The highest BCUT2D eigenvalue weighted by atomic mass is 32.2. The van der Waals surface area contributed by atoms with Gasteiger partial charge in [-0.1, -0.05) is 71.9 Å². The molecule has 1 N–H and O–H groups in total. The molecule has 0 unspecified atom stereocenters. The molecule has 0 aliphatic carbocycles. The maximum atomic E-state index is 13.5. The second-order valence-electron chi connectivity index (χ2n) is 10.5. The lowest BCUT2D eigenvalue weighted by Crippen LogP contribution is -2.45. The average Bonchev–Trinajstić information content (AvgIpc) is 3.25. The van der Waals surface area contributed by atoms with Crippen LogP contribution in [0.25, 0.3) is 0 Å². The molecule has 2 aromatic carbocycles. The predicted octanol–water partition coefficient (Wildman–Crippen LogP) is 3.73. The van der Waals surface area contributed by atoms with Gasteiger partial charge in [0.1, 0.15) is 11.6 Å². The van der Waals surface area contributed by atoms with Gasteiger partial charge < -0.3 is 15.0 Å². The zero-order valence-electron chi connectivity index (χ0n) is 21.5. The predicted molar refractivity (Wildman–Crippen MR) is 146 cm³/mol. The minimum Gasteiger partial charge on any atom is -0.444 e. The zero-order chi connectivity index (χ0) is 26.8. The second kappa shape index (κ2) is 10.9. The molecule has 3 atom stereocenters. The van der Waals surface area contributed by atoms with Crippen LogP contribution in [0.3, 0.4) is 0 Å². The largest absolute Gasteiger partial charge is 0.444 e. The van der Waals surface area contributed by atoms with E-state index < -0.39 is 33.5 Å². The van der Waals surface area contributed by atoms with Crippen LogP contribution in [-0.2, 0) is 32.3 Å². The summed E-state index contributed by atoms with van der Waals surface area (Å²) < 4.78 is 30.1. The van der Waals surface area contributed by atoms with E-state index in [1.54, 1.807) is 20.8 Å². The van der Waals surface area contributed by atoms with Gasteiger partial charge in [0.25, 0.3) is 5.91 Å². The highest BCUT2D eigenvalue weighted by molar-refractivity contribution is 8.15. The van der Waals surface area contributed by atoms with Crippen molar-refractivity contribution in [2.24, 2.45) is 4.99 Å². The van der Waals surface area contributed by atoms with Crippen molar-refractivity contribution in [2.45, 2.75) is 63.6 Å². The summed E-state index contributed by atoms with van der Waals surface area (Å²) in [7, 11) is -3.16. The summed E-state index contributed by atoms with van der Waals surface area (Å²) in [6.45, 7) is 7.72. The van der Waals surface area contributed by atoms with Gasteiger partial charge in [0, 0.05) is 18.2 Å².